The molecule has 0 radical (unpaired) electrons. The molecule has 0 spiro atoms. The number of aliphatic carboxylic acids is 1. The molecule has 5 nitrogen and oxygen atoms in total. The van der Waals surface area contributed by atoms with Crippen LogP contribution in [0.1, 0.15) is 62.6 Å². The molecule has 2 aliphatic carbocycles. The Morgan fingerprint density at radius 3 is 2.80 bits per heavy atom. The van der Waals surface area contributed by atoms with Crippen molar-refractivity contribution in [1.82, 2.24) is 10.1 Å². The molecule has 2 unspecified atom stereocenters. The average Bonchev–Trinajstić information content (AvgIpc) is 3.17. The summed E-state index contributed by atoms with van der Waals surface area (Å²) >= 11 is 1.90. The fourth-order valence-corrected chi connectivity index (χ4v) is 4.44. The van der Waals surface area contributed by atoms with Crippen molar-refractivity contribution < 1.29 is 14.4 Å². The van der Waals surface area contributed by atoms with Crippen molar-refractivity contribution in [2.75, 3.05) is 0 Å². The molecule has 0 aromatic carbocycles. The second-order valence-electron chi connectivity index (χ2n) is 5.75. The molecule has 0 bridgehead atoms. The Hall–Kier alpha value is -1.04. The van der Waals surface area contributed by atoms with Gasteiger partial charge in [0.2, 0.25) is 5.89 Å². The maximum absolute atomic E-state index is 11.2. The second kappa shape index (κ2) is 6.16. The standard InChI is InChI=1S/C14H20N2O3S/c17-14(18)11-7-3-6-10(11)13-15-12(16-19-13)8-20-9-4-1-2-5-9/h9-11H,1-8H2,(H,17,18). The molecular formula is C14H20N2O3S. The van der Waals surface area contributed by atoms with Gasteiger partial charge in [-0.15, -0.1) is 0 Å². The SMILES string of the molecule is O=C(O)C1CCCC1c1nc(CSC2CCCC2)no1. The van der Waals surface area contributed by atoms with Gasteiger partial charge in [-0.3, -0.25) is 4.79 Å². The van der Waals surface area contributed by atoms with E-state index in [1.54, 1.807) is 0 Å². The molecule has 2 saturated carbocycles. The van der Waals surface area contributed by atoms with Crippen LogP contribution in [0.15, 0.2) is 4.52 Å². The van der Waals surface area contributed by atoms with Crippen molar-refractivity contribution in [3.05, 3.63) is 11.7 Å². The fraction of sp³-hybridized carbons (Fsp3) is 0.786. The Labute approximate surface area is 122 Å². The summed E-state index contributed by atoms with van der Waals surface area (Å²) in [5.74, 6) is 0.826. The topological polar surface area (TPSA) is 76.2 Å². The van der Waals surface area contributed by atoms with E-state index in [2.05, 4.69) is 10.1 Å². The number of carboxylic acids is 1. The number of hydrogen-bond donors (Lipinski definition) is 1. The summed E-state index contributed by atoms with van der Waals surface area (Å²) in [5.41, 5.74) is 0. The highest BCUT2D eigenvalue weighted by Gasteiger charge is 2.37. The van der Waals surface area contributed by atoms with E-state index < -0.39 is 5.97 Å². The van der Waals surface area contributed by atoms with Gasteiger partial charge in [-0.2, -0.15) is 16.7 Å². The Kier molecular flexibility index (Phi) is 4.29. The molecule has 1 N–H and O–H groups in total. The predicted octanol–water partition coefficient (Wildman–Crippen LogP) is 3.21. The molecule has 110 valence electrons. The van der Waals surface area contributed by atoms with E-state index in [1.165, 1.54) is 25.7 Å². The molecule has 1 heterocycles. The number of rotatable bonds is 5. The highest BCUT2D eigenvalue weighted by atomic mass is 32.2. The van der Waals surface area contributed by atoms with Crippen LogP contribution >= 0.6 is 11.8 Å². The van der Waals surface area contributed by atoms with Gasteiger partial charge in [-0.25, -0.2) is 0 Å². The highest BCUT2D eigenvalue weighted by molar-refractivity contribution is 7.99. The monoisotopic (exact) mass is 296 g/mol. The van der Waals surface area contributed by atoms with Crippen LogP contribution < -0.4 is 0 Å². The Bertz CT molecular complexity index is 471. The predicted molar refractivity (Wildman–Crippen MR) is 75.6 cm³/mol. The lowest BCUT2D eigenvalue weighted by molar-refractivity contribution is -0.142. The second-order valence-corrected chi connectivity index (χ2v) is 7.04. The molecular weight excluding hydrogens is 276 g/mol. The summed E-state index contributed by atoms with van der Waals surface area (Å²) in [5, 5.41) is 14.0. The lowest BCUT2D eigenvalue weighted by Gasteiger charge is -2.10. The third-order valence-corrected chi connectivity index (χ3v) is 5.75. The van der Waals surface area contributed by atoms with Crippen LogP contribution in [0.25, 0.3) is 0 Å². The first-order valence-corrected chi connectivity index (χ1v) is 8.46. The molecule has 20 heavy (non-hydrogen) atoms. The van der Waals surface area contributed by atoms with Gasteiger partial charge in [0, 0.05) is 5.25 Å². The first-order chi connectivity index (χ1) is 9.74. The summed E-state index contributed by atoms with van der Waals surface area (Å²) in [6.45, 7) is 0. The lowest BCUT2D eigenvalue weighted by atomic mass is 9.96. The summed E-state index contributed by atoms with van der Waals surface area (Å²) in [6.07, 6.45) is 7.73. The van der Waals surface area contributed by atoms with Gasteiger partial charge >= 0.3 is 5.97 Å². The van der Waals surface area contributed by atoms with E-state index in [1.807, 2.05) is 11.8 Å². The lowest BCUT2D eigenvalue weighted by Crippen LogP contribution is -2.17. The number of hydrogen-bond acceptors (Lipinski definition) is 5. The molecule has 3 rings (SSSR count). The Morgan fingerprint density at radius 2 is 2.05 bits per heavy atom. The van der Waals surface area contributed by atoms with Crippen LogP contribution in [-0.4, -0.2) is 26.5 Å². The van der Waals surface area contributed by atoms with Crippen molar-refractivity contribution in [2.24, 2.45) is 5.92 Å². The zero-order chi connectivity index (χ0) is 13.9. The van der Waals surface area contributed by atoms with Gasteiger partial charge in [-0.05, 0) is 25.7 Å². The van der Waals surface area contributed by atoms with Gasteiger partial charge < -0.3 is 9.63 Å². The molecule has 6 heteroatoms. The highest BCUT2D eigenvalue weighted by Crippen LogP contribution is 2.39. The smallest absolute Gasteiger partial charge is 0.307 e. The van der Waals surface area contributed by atoms with Crippen LogP contribution in [0, 0.1) is 5.92 Å². The maximum atomic E-state index is 11.2. The molecule has 0 saturated heterocycles. The van der Waals surface area contributed by atoms with Crippen LogP contribution in [-0.2, 0) is 10.5 Å². The van der Waals surface area contributed by atoms with Crippen LogP contribution in [0.4, 0.5) is 0 Å². The van der Waals surface area contributed by atoms with Crippen LogP contribution in [0.2, 0.25) is 0 Å². The van der Waals surface area contributed by atoms with Crippen molar-refractivity contribution >= 4 is 17.7 Å². The van der Waals surface area contributed by atoms with E-state index >= 15 is 0 Å². The third-order valence-electron chi connectivity index (χ3n) is 4.38. The van der Waals surface area contributed by atoms with Crippen LogP contribution in [0.5, 0.6) is 0 Å². The van der Waals surface area contributed by atoms with Crippen molar-refractivity contribution in [2.45, 2.75) is 61.9 Å². The van der Waals surface area contributed by atoms with Gasteiger partial charge in [-0.1, -0.05) is 24.4 Å². The quantitative estimate of drug-likeness (QED) is 0.899. The Balaban J connectivity index is 1.59. The third kappa shape index (κ3) is 3.00. The van der Waals surface area contributed by atoms with Gasteiger partial charge in [0.15, 0.2) is 5.82 Å². The van der Waals surface area contributed by atoms with E-state index in [0.29, 0.717) is 18.1 Å². The van der Waals surface area contributed by atoms with Crippen LogP contribution in [0.3, 0.4) is 0 Å². The van der Waals surface area contributed by atoms with E-state index in [-0.39, 0.29) is 11.8 Å². The number of aromatic nitrogens is 2. The number of nitrogens with zero attached hydrogens (tertiary/aromatic N) is 2. The molecule has 0 amide bonds. The Morgan fingerprint density at radius 1 is 1.25 bits per heavy atom. The molecule has 0 aliphatic heterocycles. The zero-order valence-corrected chi connectivity index (χ0v) is 12.3. The normalized spacial score (nSPS) is 27.2. The van der Waals surface area contributed by atoms with Gasteiger partial charge in [0.05, 0.1) is 17.6 Å². The van der Waals surface area contributed by atoms with Crippen molar-refractivity contribution in [1.29, 1.82) is 0 Å². The van der Waals surface area contributed by atoms with Gasteiger partial charge in [0.25, 0.3) is 0 Å². The van der Waals surface area contributed by atoms with E-state index in [9.17, 15) is 9.90 Å². The fourth-order valence-electron chi connectivity index (χ4n) is 3.28. The molecule has 2 atom stereocenters. The number of carbonyl (C=O) groups is 1. The molecule has 1 aromatic heterocycles. The van der Waals surface area contributed by atoms with Crippen molar-refractivity contribution in [3.63, 3.8) is 0 Å². The minimum Gasteiger partial charge on any atom is -0.481 e. The number of carboxylic acid groups (broad SMARTS) is 1. The summed E-state index contributed by atoms with van der Waals surface area (Å²) in [6, 6.07) is 0. The number of thioether (sulfide) groups is 1. The zero-order valence-electron chi connectivity index (χ0n) is 11.5. The summed E-state index contributed by atoms with van der Waals surface area (Å²) in [7, 11) is 0. The van der Waals surface area contributed by atoms with E-state index in [0.717, 1.165) is 23.8 Å². The van der Waals surface area contributed by atoms with Crippen molar-refractivity contribution in [3.8, 4) is 0 Å². The first kappa shape index (κ1) is 13.9. The summed E-state index contributed by atoms with van der Waals surface area (Å²) in [4.78, 5) is 15.6. The van der Waals surface area contributed by atoms with Gasteiger partial charge in [0.1, 0.15) is 0 Å². The maximum Gasteiger partial charge on any atom is 0.307 e. The average molecular weight is 296 g/mol. The molecule has 1 aromatic rings. The molecule has 2 fully saturated rings. The first-order valence-electron chi connectivity index (χ1n) is 7.41. The summed E-state index contributed by atoms with van der Waals surface area (Å²) < 4.78 is 5.31. The minimum atomic E-state index is -0.743. The molecule has 2 aliphatic rings. The van der Waals surface area contributed by atoms with E-state index in [4.69, 9.17) is 4.52 Å². The minimum absolute atomic E-state index is 0.0924. The largest absolute Gasteiger partial charge is 0.481 e.